The van der Waals surface area contributed by atoms with Gasteiger partial charge in [0.1, 0.15) is 11.0 Å². The number of tetrazole rings is 1. The number of hydrogen-bond donors (Lipinski definition) is 1. The summed E-state index contributed by atoms with van der Waals surface area (Å²) in [6, 6.07) is 8.33. The monoisotopic (exact) mass is 348 g/mol. The van der Waals surface area contributed by atoms with E-state index < -0.39 is 5.25 Å². The Bertz CT molecular complexity index is 787. The predicted octanol–water partition coefficient (Wildman–Crippen LogP) is 2.44. The number of benzene rings is 1. The number of thioether (sulfide) groups is 1. The lowest BCUT2D eigenvalue weighted by Gasteiger charge is -2.12. The first-order valence-corrected chi connectivity index (χ1v) is 8.35. The van der Waals surface area contributed by atoms with Gasteiger partial charge in [0, 0.05) is 0 Å². The molecule has 2 heterocycles. The van der Waals surface area contributed by atoms with Gasteiger partial charge in [-0.3, -0.25) is 4.79 Å². The van der Waals surface area contributed by atoms with Crippen molar-refractivity contribution in [3.05, 3.63) is 46.7 Å². The summed E-state index contributed by atoms with van der Waals surface area (Å²) in [6.45, 7) is 0. The van der Waals surface area contributed by atoms with Crippen LogP contribution in [-0.2, 0) is 9.53 Å². The average molecular weight is 348 g/mol. The number of nitrogens with zero attached hydrogens (tertiary/aromatic N) is 4. The molecule has 0 aliphatic heterocycles. The molecule has 2 aromatic heterocycles. The third kappa shape index (κ3) is 3.35. The second-order valence-corrected chi connectivity index (χ2v) is 6.32. The Kier molecular flexibility index (Phi) is 4.58. The molecule has 0 aliphatic carbocycles. The number of hydrogen-bond acceptors (Lipinski definition) is 8. The van der Waals surface area contributed by atoms with E-state index in [1.807, 2.05) is 16.8 Å². The lowest BCUT2D eigenvalue weighted by atomic mass is 10.2. The Labute approximate surface area is 139 Å². The van der Waals surface area contributed by atoms with Crippen LogP contribution in [0.2, 0.25) is 0 Å². The van der Waals surface area contributed by atoms with E-state index in [-0.39, 0.29) is 11.7 Å². The number of phenolic OH excluding ortho intramolecular Hbond substituents is 1. The first-order valence-electron chi connectivity index (χ1n) is 6.53. The van der Waals surface area contributed by atoms with E-state index in [4.69, 9.17) is 4.74 Å². The molecule has 0 fully saturated rings. The van der Waals surface area contributed by atoms with Crippen molar-refractivity contribution in [2.45, 2.75) is 10.4 Å². The fourth-order valence-corrected chi connectivity index (χ4v) is 3.68. The van der Waals surface area contributed by atoms with Gasteiger partial charge in [0.15, 0.2) is 0 Å². The third-order valence-electron chi connectivity index (χ3n) is 3.02. The lowest BCUT2D eigenvalue weighted by Crippen LogP contribution is -2.11. The summed E-state index contributed by atoms with van der Waals surface area (Å²) in [7, 11) is 1.35. The predicted molar refractivity (Wildman–Crippen MR) is 85.8 cm³/mol. The second kappa shape index (κ2) is 6.80. The number of thiophene rings is 1. The van der Waals surface area contributed by atoms with Crippen molar-refractivity contribution < 1.29 is 14.6 Å². The standard InChI is InChI=1S/C14H12N4O3S2/c1-21-13(20)12(9-6-7-22-8-9)23-14-15-16-17-18(14)10-2-4-11(19)5-3-10/h2-8,12,19H,1H3. The molecule has 118 valence electrons. The van der Waals surface area contributed by atoms with Gasteiger partial charge in [0.2, 0.25) is 5.16 Å². The summed E-state index contributed by atoms with van der Waals surface area (Å²) >= 11 is 2.71. The molecule has 0 aliphatic rings. The van der Waals surface area contributed by atoms with Gasteiger partial charge in [-0.25, -0.2) is 0 Å². The van der Waals surface area contributed by atoms with Crippen LogP contribution in [0.15, 0.2) is 46.2 Å². The van der Waals surface area contributed by atoms with Crippen molar-refractivity contribution in [1.29, 1.82) is 0 Å². The van der Waals surface area contributed by atoms with Gasteiger partial charge in [-0.15, -0.1) is 5.10 Å². The Morgan fingerprint density at radius 1 is 1.35 bits per heavy atom. The van der Waals surface area contributed by atoms with Crippen molar-refractivity contribution in [1.82, 2.24) is 20.2 Å². The lowest BCUT2D eigenvalue weighted by molar-refractivity contribution is -0.140. The highest BCUT2D eigenvalue weighted by Gasteiger charge is 2.26. The number of ether oxygens (including phenoxy) is 1. The largest absolute Gasteiger partial charge is 0.508 e. The van der Waals surface area contributed by atoms with Crippen LogP contribution in [0.3, 0.4) is 0 Å². The van der Waals surface area contributed by atoms with E-state index in [9.17, 15) is 9.90 Å². The molecule has 0 saturated heterocycles. The molecule has 0 radical (unpaired) electrons. The Hall–Kier alpha value is -2.39. The van der Waals surface area contributed by atoms with Crippen LogP contribution in [0.4, 0.5) is 0 Å². The van der Waals surface area contributed by atoms with Gasteiger partial charge in [-0.1, -0.05) is 11.8 Å². The van der Waals surface area contributed by atoms with Gasteiger partial charge in [0.05, 0.1) is 12.8 Å². The van der Waals surface area contributed by atoms with Gasteiger partial charge in [-0.05, 0) is 57.1 Å². The van der Waals surface area contributed by atoms with Crippen LogP contribution in [0.5, 0.6) is 5.75 Å². The number of aromatic nitrogens is 4. The SMILES string of the molecule is COC(=O)C(Sc1nnnn1-c1ccc(O)cc1)c1ccsc1. The number of carbonyl (C=O) groups is 1. The normalized spacial score (nSPS) is 12.0. The molecule has 1 aromatic carbocycles. The van der Waals surface area contributed by atoms with Crippen LogP contribution >= 0.6 is 23.1 Å². The van der Waals surface area contributed by atoms with Crippen LogP contribution in [-0.4, -0.2) is 38.4 Å². The van der Waals surface area contributed by atoms with Gasteiger partial charge < -0.3 is 9.84 Å². The molecule has 1 unspecified atom stereocenters. The van der Waals surface area contributed by atoms with E-state index in [0.29, 0.717) is 10.8 Å². The maximum atomic E-state index is 12.1. The number of carbonyl (C=O) groups excluding carboxylic acids is 1. The summed E-state index contributed by atoms with van der Waals surface area (Å²) in [5.41, 5.74) is 1.52. The highest BCUT2D eigenvalue weighted by Crippen LogP contribution is 2.36. The highest BCUT2D eigenvalue weighted by molar-refractivity contribution is 8.00. The zero-order valence-electron chi connectivity index (χ0n) is 12.0. The Balaban J connectivity index is 1.91. The van der Waals surface area contributed by atoms with Crippen LogP contribution < -0.4 is 0 Å². The summed E-state index contributed by atoms with van der Waals surface area (Å²) in [5, 5.41) is 24.7. The van der Waals surface area contributed by atoms with Crippen molar-refractivity contribution in [3.63, 3.8) is 0 Å². The summed E-state index contributed by atoms with van der Waals surface area (Å²) in [6.07, 6.45) is 0. The van der Waals surface area contributed by atoms with Gasteiger partial charge >= 0.3 is 5.97 Å². The minimum absolute atomic E-state index is 0.154. The quantitative estimate of drug-likeness (QED) is 0.559. The maximum absolute atomic E-state index is 12.1. The van der Waals surface area contributed by atoms with E-state index in [2.05, 4.69) is 15.5 Å². The van der Waals surface area contributed by atoms with E-state index >= 15 is 0 Å². The third-order valence-corrected chi connectivity index (χ3v) is 4.89. The van der Waals surface area contributed by atoms with Crippen LogP contribution in [0.1, 0.15) is 10.8 Å². The second-order valence-electron chi connectivity index (χ2n) is 4.47. The topological polar surface area (TPSA) is 90.1 Å². The summed E-state index contributed by atoms with van der Waals surface area (Å²) in [5.74, 6) is -0.213. The minimum Gasteiger partial charge on any atom is -0.508 e. The number of rotatable bonds is 5. The number of aromatic hydroxyl groups is 1. The van der Waals surface area contributed by atoms with E-state index in [1.54, 1.807) is 24.3 Å². The molecule has 0 amide bonds. The Morgan fingerprint density at radius 2 is 2.13 bits per heavy atom. The van der Waals surface area contributed by atoms with Crippen molar-refractivity contribution >= 4 is 29.1 Å². The number of methoxy groups -OCH3 is 1. The zero-order valence-corrected chi connectivity index (χ0v) is 13.6. The molecular formula is C14H12N4O3S2. The molecule has 0 spiro atoms. The zero-order chi connectivity index (χ0) is 16.2. The summed E-state index contributed by atoms with van der Waals surface area (Å²) in [4.78, 5) is 12.1. The smallest absolute Gasteiger partial charge is 0.323 e. The molecule has 0 bridgehead atoms. The fraction of sp³-hybridized carbons (Fsp3) is 0.143. The van der Waals surface area contributed by atoms with Crippen molar-refractivity contribution in [2.24, 2.45) is 0 Å². The van der Waals surface area contributed by atoms with E-state index in [1.165, 1.54) is 34.9 Å². The van der Waals surface area contributed by atoms with Gasteiger partial charge in [0.25, 0.3) is 0 Å². The molecular weight excluding hydrogens is 336 g/mol. The molecule has 3 rings (SSSR count). The first-order chi connectivity index (χ1) is 11.2. The van der Waals surface area contributed by atoms with Crippen LogP contribution in [0, 0.1) is 0 Å². The maximum Gasteiger partial charge on any atom is 0.323 e. The minimum atomic E-state index is -0.548. The molecule has 9 heteroatoms. The number of phenols is 1. The van der Waals surface area contributed by atoms with Crippen molar-refractivity contribution in [3.8, 4) is 11.4 Å². The van der Waals surface area contributed by atoms with Gasteiger partial charge in [-0.2, -0.15) is 16.0 Å². The fourth-order valence-electron chi connectivity index (χ4n) is 1.90. The molecule has 0 saturated carbocycles. The average Bonchev–Trinajstić information content (AvgIpc) is 3.24. The molecule has 3 aromatic rings. The summed E-state index contributed by atoms with van der Waals surface area (Å²) < 4.78 is 6.39. The molecule has 1 atom stereocenters. The van der Waals surface area contributed by atoms with Crippen LogP contribution in [0.25, 0.3) is 5.69 Å². The molecule has 1 N–H and O–H groups in total. The first kappa shape index (κ1) is 15.5. The van der Waals surface area contributed by atoms with E-state index in [0.717, 1.165) is 5.56 Å². The Morgan fingerprint density at radius 3 is 2.78 bits per heavy atom. The number of esters is 1. The molecule has 23 heavy (non-hydrogen) atoms. The highest BCUT2D eigenvalue weighted by atomic mass is 32.2. The van der Waals surface area contributed by atoms with Crippen molar-refractivity contribution in [2.75, 3.05) is 7.11 Å². The molecule has 7 nitrogen and oxygen atoms in total.